The molecule has 3 aliphatic rings. The topological polar surface area (TPSA) is 66.7 Å². The van der Waals surface area contributed by atoms with Gasteiger partial charge in [-0.2, -0.15) is 0 Å². The number of aryl methyl sites for hydroxylation is 1. The molecule has 1 unspecified atom stereocenters. The first-order chi connectivity index (χ1) is 22.0. The van der Waals surface area contributed by atoms with Crippen LogP contribution in [-0.2, 0) is 11.2 Å². The maximum atomic E-state index is 9.93. The first-order valence-electron chi connectivity index (χ1n) is 15.8. The molecule has 1 atom stereocenters. The minimum absolute atomic E-state index is 0.228. The van der Waals surface area contributed by atoms with Crippen molar-refractivity contribution in [2.45, 2.75) is 64.4 Å². The van der Waals surface area contributed by atoms with Crippen LogP contribution in [-0.4, -0.2) is 29.5 Å². The Balaban J connectivity index is 1.28. The van der Waals surface area contributed by atoms with Gasteiger partial charge in [0.25, 0.3) is 0 Å². The molecule has 6 rings (SSSR count). The Bertz CT molecular complexity index is 1760. The Morgan fingerprint density at radius 3 is 2.67 bits per heavy atom. The summed E-state index contributed by atoms with van der Waals surface area (Å²) in [4.78, 5) is 9.35. The van der Waals surface area contributed by atoms with Gasteiger partial charge in [-0.05, 0) is 97.9 Å². The van der Waals surface area contributed by atoms with Crippen LogP contribution < -0.4 is 5.32 Å². The Labute approximate surface area is 271 Å². The number of nitrogens with one attached hydrogen (secondary N) is 1. The Kier molecular flexibility index (Phi) is 9.78. The first kappa shape index (κ1) is 30.8. The molecule has 2 aliphatic carbocycles. The third kappa shape index (κ3) is 7.06. The quantitative estimate of drug-likeness (QED) is 0.247. The van der Waals surface area contributed by atoms with Crippen molar-refractivity contribution in [3.63, 3.8) is 0 Å². The predicted octanol–water partition coefficient (Wildman–Crippen LogP) is 10.2. The van der Waals surface area contributed by atoms with Crippen LogP contribution in [0.25, 0.3) is 16.7 Å². The standard InChI is InChI=1S/C39H40ClN3O2/c1-26-32(11-8-14-35(26)43-39-38-30(22-24-42-39)9-4-3-5-23-41-38)34-13-7-12-33(37(34)40)28-10-6-15-36(45-2)29(20-19-28)18-16-27-17-21-31(44)25-27/h3,5,7-8,10-14,17,19-20,22-24,31,44H,4,6,9,15-16,18,21,25H2,1-2H3,(H,42,43)/b5-3-,20-19-,28-10+,36-29+,41-23-. The zero-order valence-electron chi connectivity index (χ0n) is 26.0. The molecular formula is C39H40ClN3O2. The molecule has 1 aliphatic heterocycles. The number of allylic oxidation sites excluding steroid dienone is 8. The number of anilines is 2. The number of aliphatic imine (C=N–C) groups is 1. The zero-order valence-corrected chi connectivity index (χ0v) is 26.8. The Morgan fingerprint density at radius 2 is 1.82 bits per heavy atom. The molecule has 0 amide bonds. The minimum atomic E-state index is -0.228. The molecule has 2 heterocycles. The van der Waals surface area contributed by atoms with Crippen LogP contribution in [0.1, 0.15) is 61.6 Å². The van der Waals surface area contributed by atoms with Crippen molar-refractivity contribution in [2.24, 2.45) is 4.99 Å². The lowest BCUT2D eigenvalue weighted by Gasteiger charge is -2.18. The molecule has 5 nitrogen and oxygen atoms in total. The van der Waals surface area contributed by atoms with E-state index >= 15 is 0 Å². The van der Waals surface area contributed by atoms with Crippen molar-refractivity contribution < 1.29 is 9.84 Å². The van der Waals surface area contributed by atoms with Gasteiger partial charge in [-0.3, -0.25) is 4.99 Å². The summed E-state index contributed by atoms with van der Waals surface area (Å²) < 4.78 is 5.81. The van der Waals surface area contributed by atoms with Crippen molar-refractivity contribution in [3.8, 4) is 11.1 Å². The second kappa shape index (κ2) is 14.3. The number of methoxy groups -OCH3 is 1. The maximum absolute atomic E-state index is 9.93. The molecule has 0 saturated heterocycles. The SMILES string of the molecule is CO/C1=C(CCC2=CCC(O)C2)/C=C\C(c2cccc(-c3cccc(Nc4nccc5c4/N=C\C=C/CC5)c3C)c2Cl)=C/CC1. The van der Waals surface area contributed by atoms with Crippen LogP contribution in [0.4, 0.5) is 17.2 Å². The molecule has 0 fully saturated rings. The normalized spacial score (nSPS) is 22.9. The highest BCUT2D eigenvalue weighted by Crippen LogP contribution is 2.40. The molecule has 0 radical (unpaired) electrons. The third-order valence-electron chi connectivity index (χ3n) is 8.90. The minimum Gasteiger partial charge on any atom is -0.501 e. The fourth-order valence-electron chi connectivity index (χ4n) is 6.40. The van der Waals surface area contributed by atoms with Gasteiger partial charge < -0.3 is 15.2 Å². The number of rotatable bonds is 8. The predicted molar refractivity (Wildman–Crippen MR) is 188 cm³/mol. The highest BCUT2D eigenvalue weighted by Gasteiger charge is 2.18. The van der Waals surface area contributed by atoms with E-state index in [9.17, 15) is 5.11 Å². The first-order valence-corrected chi connectivity index (χ1v) is 16.2. The average Bonchev–Trinajstić information content (AvgIpc) is 3.44. The molecule has 230 valence electrons. The van der Waals surface area contributed by atoms with E-state index < -0.39 is 0 Å². The third-order valence-corrected chi connectivity index (χ3v) is 9.30. The molecule has 1 aromatic heterocycles. The van der Waals surface area contributed by atoms with Crippen LogP contribution >= 0.6 is 11.6 Å². The van der Waals surface area contributed by atoms with E-state index in [4.69, 9.17) is 21.3 Å². The number of benzene rings is 2. The van der Waals surface area contributed by atoms with E-state index in [-0.39, 0.29) is 6.10 Å². The van der Waals surface area contributed by atoms with Crippen molar-refractivity contribution in [3.05, 3.63) is 124 Å². The highest BCUT2D eigenvalue weighted by molar-refractivity contribution is 6.35. The number of hydrogen-bond acceptors (Lipinski definition) is 5. The monoisotopic (exact) mass is 617 g/mol. The molecule has 2 aromatic carbocycles. The van der Waals surface area contributed by atoms with E-state index in [1.54, 1.807) is 7.11 Å². The maximum Gasteiger partial charge on any atom is 0.156 e. The van der Waals surface area contributed by atoms with Gasteiger partial charge in [0.1, 0.15) is 5.69 Å². The number of pyridine rings is 1. The van der Waals surface area contributed by atoms with Crippen LogP contribution in [0.3, 0.4) is 0 Å². The van der Waals surface area contributed by atoms with Crippen molar-refractivity contribution in [2.75, 3.05) is 12.4 Å². The summed E-state index contributed by atoms with van der Waals surface area (Å²) in [5, 5.41) is 14.2. The number of fused-ring (bicyclic) bond motifs is 1. The summed E-state index contributed by atoms with van der Waals surface area (Å²) in [6.07, 6.45) is 23.4. The van der Waals surface area contributed by atoms with Crippen molar-refractivity contribution in [1.82, 2.24) is 4.98 Å². The van der Waals surface area contributed by atoms with Crippen LogP contribution in [0.5, 0.6) is 0 Å². The summed E-state index contributed by atoms with van der Waals surface area (Å²) in [5.41, 5.74) is 10.9. The van der Waals surface area contributed by atoms with E-state index in [2.05, 4.69) is 90.1 Å². The van der Waals surface area contributed by atoms with Gasteiger partial charge in [0.2, 0.25) is 0 Å². The second-order valence-electron chi connectivity index (χ2n) is 11.8. The smallest absolute Gasteiger partial charge is 0.156 e. The molecule has 2 N–H and O–H groups in total. The molecule has 3 aromatic rings. The number of aliphatic hydroxyl groups excluding tert-OH is 1. The summed E-state index contributed by atoms with van der Waals surface area (Å²) >= 11 is 7.24. The lowest BCUT2D eigenvalue weighted by atomic mass is 9.92. The van der Waals surface area contributed by atoms with Crippen LogP contribution in [0, 0.1) is 6.92 Å². The van der Waals surface area contributed by atoms with Crippen LogP contribution in [0.2, 0.25) is 5.02 Å². The molecular weight excluding hydrogens is 578 g/mol. The van der Waals surface area contributed by atoms with Crippen LogP contribution in [0.15, 0.2) is 107 Å². The van der Waals surface area contributed by atoms with E-state index in [1.165, 1.54) is 16.7 Å². The van der Waals surface area contributed by atoms with Gasteiger partial charge in [0.15, 0.2) is 5.82 Å². The Morgan fingerprint density at radius 1 is 0.978 bits per heavy atom. The van der Waals surface area contributed by atoms with Gasteiger partial charge in [-0.15, -0.1) is 0 Å². The number of aromatic nitrogens is 1. The number of halogens is 1. The highest BCUT2D eigenvalue weighted by atomic mass is 35.5. The molecule has 45 heavy (non-hydrogen) atoms. The lowest BCUT2D eigenvalue weighted by molar-refractivity contribution is 0.187. The summed E-state index contributed by atoms with van der Waals surface area (Å²) in [7, 11) is 1.76. The summed E-state index contributed by atoms with van der Waals surface area (Å²) in [6, 6.07) is 14.6. The average molecular weight is 618 g/mol. The number of ether oxygens (including phenoxy) is 1. The Hall–Kier alpha value is -4.19. The van der Waals surface area contributed by atoms with Gasteiger partial charge in [-0.1, -0.05) is 77.9 Å². The molecule has 0 saturated carbocycles. The number of hydrogen-bond donors (Lipinski definition) is 2. The number of nitrogens with zero attached hydrogens (tertiary/aromatic N) is 2. The fraction of sp³-hybridized carbons (Fsp3) is 0.282. The fourth-order valence-corrected chi connectivity index (χ4v) is 6.73. The summed E-state index contributed by atoms with van der Waals surface area (Å²) in [6.45, 7) is 2.12. The largest absolute Gasteiger partial charge is 0.501 e. The van der Waals surface area contributed by atoms with Crippen molar-refractivity contribution >= 4 is 40.6 Å². The molecule has 0 bridgehead atoms. The van der Waals surface area contributed by atoms with Crippen molar-refractivity contribution in [1.29, 1.82) is 0 Å². The molecule has 6 heteroatoms. The van der Waals surface area contributed by atoms with Gasteiger partial charge in [-0.25, -0.2) is 4.98 Å². The summed E-state index contributed by atoms with van der Waals surface area (Å²) in [5.74, 6) is 1.78. The second-order valence-corrected chi connectivity index (χ2v) is 12.2. The molecule has 0 spiro atoms. The van der Waals surface area contributed by atoms with Gasteiger partial charge in [0, 0.05) is 35.6 Å². The number of aliphatic hydroxyl groups is 1. The lowest BCUT2D eigenvalue weighted by Crippen LogP contribution is -2.01. The van der Waals surface area contributed by atoms with E-state index in [0.717, 1.165) is 107 Å². The van der Waals surface area contributed by atoms with E-state index in [0.29, 0.717) is 0 Å². The van der Waals surface area contributed by atoms with E-state index in [1.807, 2.05) is 18.5 Å². The van der Waals surface area contributed by atoms with Gasteiger partial charge in [0.05, 0.1) is 24.0 Å². The zero-order chi connectivity index (χ0) is 31.2. The van der Waals surface area contributed by atoms with Gasteiger partial charge >= 0.3 is 0 Å².